The third-order valence-corrected chi connectivity index (χ3v) is 3.39. The molecule has 0 fully saturated rings. The molecule has 2 rings (SSSR count). The first-order valence-corrected chi connectivity index (χ1v) is 6.66. The monoisotopic (exact) mass is 256 g/mol. The number of benzene rings is 1. The van der Waals surface area contributed by atoms with Gasteiger partial charge in [0.15, 0.2) is 0 Å². The summed E-state index contributed by atoms with van der Waals surface area (Å²) in [4.78, 5) is 11.3. The molecule has 0 spiro atoms. The number of carbonyl (C=O) groups is 1. The Morgan fingerprint density at radius 2 is 1.79 bits per heavy atom. The van der Waals surface area contributed by atoms with E-state index in [0.717, 1.165) is 18.4 Å². The van der Waals surface area contributed by atoms with Gasteiger partial charge in [-0.05, 0) is 37.8 Å². The Labute approximate surface area is 114 Å². The Bertz CT molecular complexity index is 521. The van der Waals surface area contributed by atoms with Crippen LogP contribution in [0.25, 0.3) is 0 Å². The van der Waals surface area contributed by atoms with Gasteiger partial charge in [0.05, 0.1) is 0 Å². The maximum atomic E-state index is 11.3. The third-order valence-electron chi connectivity index (χ3n) is 3.39. The first-order chi connectivity index (χ1) is 9.06. The minimum Gasteiger partial charge on any atom is -0.453 e. The van der Waals surface area contributed by atoms with Crippen LogP contribution in [-0.2, 0) is 9.53 Å². The highest BCUT2D eigenvalue weighted by Crippen LogP contribution is 2.32. The van der Waals surface area contributed by atoms with E-state index in [1.165, 1.54) is 23.6 Å². The van der Waals surface area contributed by atoms with Crippen molar-refractivity contribution in [3.05, 3.63) is 58.7 Å². The maximum Gasteiger partial charge on any atom is 0.303 e. The fraction of sp³-hybridized carbons (Fsp3) is 0.353. The number of allylic oxidation sites excluding steroid dienone is 3. The van der Waals surface area contributed by atoms with Crippen molar-refractivity contribution in [3.63, 3.8) is 0 Å². The molecule has 0 saturated heterocycles. The molecule has 0 heterocycles. The highest BCUT2D eigenvalue weighted by atomic mass is 16.5. The van der Waals surface area contributed by atoms with Gasteiger partial charge in [0.2, 0.25) is 0 Å². The predicted molar refractivity (Wildman–Crippen MR) is 76.8 cm³/mol. The molecule has 1 atom stereocenters. The lowest BCUT2D eigenvalue weighted by Crippen LogP contribution is -2.12. The maximum absolute atomic E-state index is 11.3. The van der Waals surface area contributed by atoms with Gasteiger partial charge in [0, 0.05) is 6.92 Å². The smallest absolute Gasteiger partial charge is 0.303 e. The Morgan fingerprint density at radius 3 is 2.32 bits per heavy atom. The lowest BCUT2D eigenvalue weighted by molar-refractivity contribution is -0.145. The van der Waals surface area contributed by atoms with Crippen molar-refractivity contribution in [2.75, 3.05) is 0 Å². The molecule has 0 N–H and O–H groups in total. The molecule has 1 aliphatic rings. The zero-order valence-electron chi connectivity index (χ0n) is 11.8. The summed E-state index contributed by atoms with van der Waals surface area (Å²) in [6.45, 7) is 5.64. The van der Waals surface area contributed by atoms with Gasteiger partial charge in [-0.2, -0.15) is 0 Å². The Kier molecular flexibility index (Phi) is 4.20. The zero-order valence-corrected chi connectivity index (χ0v) is 11.8. The van der Waals surface area contributed by atoms with Crippen LogP contribution in [0.3, 0.4) is 0 Å². The van der Waals surface area contributed by atoms with Crippen molar-refractivity contribution in [2.24, 2.45) is 0 Å². The summed E-state index contributed by atoms with van der Waals surface area (Å²) in [7, 11) is 0. The van der Waals surface area contributed by atoms with Crippen LogP contribution in [0.15, 0.2) is 47.6 Å². The summed E-state index contributed by atoms with van der Waals surface area (Å²) in [6.07, 6.45) is 5.95. The summed E-state index contributed by atoms with van der Waals surface area (Å²) in [5.74, 6) is -0.238. The second-order valence-corrected chi connectivity index (χ2v) is 5.15. The second kappa shape index (κ2) is 5.87. The number of rotatable bonds is 3. The van der Waals surface area contributed by atoms with Crippen LogP contribution in [-0.4, -0.2) is 5.97 Å². The largest absolute Gasteiger partial charge is 0.453 e. The van der Waals surface area contributed by atoms with Gasteiger partial charge in [-0.25, -0.2) is 0 Å². The molecule has 1 unspecified atom stereocenters. The summed E-state index contributed by atoms with van der Waals surface area (Å²) >= 11 is 0. The molecular formula is C17H20O2. The predicted octanol–water partition coefficient (Wildman–Crippen LogP) is 4.27. The normalized spacial score (nSPS) is 16.4. The van der Waals surface area contributed by atoms with E-state index in [2.05, 4.69) is 38.1 Å². The SMILES string of the molecule is CC(=O)OC(C1=CC=C(C)CC1)c1ccc(C)cc1. The molecule has 0 aromatic heterocycles. The van der Waals surface area contributed by atoms with E-state index in [1.54, 1.807) is 0 Å². The molecule has 1 aromatic carbocycles. The fourth-order valence-electron chi connectivity index (χ4n) is 2.24. The minimum absolute atomic E-state index is 0.238. The van der Waals surface area contributed by atoms with Gasteiger partial charge in [-0.3, -0.25) is 4.79 Å². The topological polar surface area (TPSA) is 26.3 Å². The summed E-state index contributed by atoms with van der Waals surface area (Å²) < 4.78 is 5.51. The van der Waals surface area contributed by atoms with Gasteiger partial charge in [0.1, 0.15) is 6.10 Å². The first kappa shape index (κ1) is 13.6. The van der Waals surface area contributed by atoms with E-state index < -0.39 is 0 Å². The zero-order chi connectivity index (χ0) is 13.8. The van der Waals surface area contributed by atoms with Gasteiger partial charge >= 0.3 is 5.97 Å². The molecule has 1 aliphatic carbocycles. The average molecular weight is 256 g/mol. The van der Waals surface area contributed by atoms with Crippen molar-refractivity contribution in [3.8, 4) is 0 Å². The van der Waals surface area contributed by atoms with Gasteiger partial charge in [-0.1, -0.05) is 47.6 Å². The average Bonchev–Trinajstić information content (AvgIpc) is 2.38. The van der Waals surface area contributed by atoms with E-state index in [4.69, 9.17) is 4.74 Å². The van der Waals surface area contributed by atoms with Crippen LogP contribution >= 0.6 is 0 Å². The van der Waals surface area contributed by atoms with Crippen molar-refractivity contribution >= 4 is 5.97 Å². The number of carbonyl (C=O) groups excluding carboxylic acids is 1. The Hall–Kier alpha value is -1.83. The number of aryl methyl sites for hydroxylation is 1. The molecule has 19 heavy (non-hydrogen) atoms. The third kappa shape index (κ3) is 3.57. The summed E-state index contributed by atoms with van der Waals surface area (Å²) in [5, 5.41) is 0. The molecule has 0 aliphatic heterocycles. The number of hydrogen-bond acceptors (Lipinski definition) is 2. The van der Waals surface area contributed by atoms with E-state index in [9.17, 15) is 4.79 Å². The molecule has 0 amide bonds. The van der Waals surface area contributed by atoms with Crippen molar-refractivity contribution < 1.29 is 9.53 Å². The highest BCUT2D eigenvalue weighted by molar-refractivity contribution is 5.66. The summed E-state index contributed by atoms with van der Waals surface area (Å²) in [6, 6.07) is 8.18. The van der Waals surface area contributed by atoms with Crippen LogP contribution in [0.1, 0.15) is 43.9 Å². The molecule has 100 valence electrons. The molecule has 1 aromatic rings. The quantitative estimate of drug-likeness (QED) is 0.755. The lowest BCUT2D eigenvalue weighted by Gasteiger charge is -2.23. The van der Waals surface area contributed by atoms with Crippen LogP contribution in [0.2, 0.25) is 0 Å². The van der Waals surface area contributed by atoms with Crippen LogP contribution < -0.4 is 0 Å². The van der Waals surface area contributed by atoms with E-state index in [1.807, 2.05) is 12.1 Å². The van der Waals surface area contributed by atoms with Crippen molar-refractivity contribution in [1.82, 2.24) is 0 Å². The molecule has 0 bridgehead atoms. The molecule has 0 radical (unpaired) electrons. The standard InChI is InChI=1S/C17H20O2/c1-12-4-8-15(9-5-12)17(19-14(3)18)16-10-6-13(2)7-11-16/h4-6,8-10,17H,7,11H2,1-3H3. The molecular weight excluding hydrogens is 236 g/mol. The number of esters is 1. The molecule has 0 saturated carbocycles. The molecule has 2 heteroatoms. The Balaban J connectivity index is 2.30. The van der Waals surface area contributed by atoms with Crippen LogP contribution in [0.4, 0.5) is 0 Å². The van der Waals surface area contributed by atoms with E-state index in [-0.39, 0.29) is 12.1 Å². The lowest BCUT2D eigenvalue weighted by atomic mass is 9.91. The summed E-state index contributed by atoms with van der Waals surface area (Å²) in [5.41, 5.74) is 4.79. The number of ether oxygens (including phenoxy) is 1. The fourth-order valence-corrected chi connectivity index (χ4v) is 2.24. The Morgan fingerprint density at radius 1 is 1.11 bits per heavy atom. The minimum atomic E-state index is -0.248. The second-order valence-electron chi connectivity index (χ2n) is 5.15. The highest BCUT2D eigenvalue weighted by Gasteiger charge is 2.20. The van der Waals surface area contributed by atoms with Crippen LogP contribution in [0.5, 0.6) is 0 Å². The van der Waals surface area contributed by atoms with Crippen molar-refractivity contribution in [1.29, 1.82) is 0 Å². The first-order valence-electron chi connectivity index (χ1n) is 6.66. The van der Waals surface area contributed by atoms with E-state index in [0.29, 0.717) is 0 Å². The van der Waals surface area contributed by atoms with Gasteiger partial charge < -0.3 is 4.74 Å². The van der Waals surface area contributed by atoms with Gasteiger partial charge in [0.25, 0.3) is 0 Å². The van der Waals surface area contributed by atoms with E-state index >= 15 is 0 Å². The molecule has 2 nitrogen and oxygen atoms in total. The van der Waals surface area contributed by atoms with Crippen LogP contribution in [0, 0.1) is 6.92 Å². The number of hydrogen-bond donors (Lipinski definition) is 0. The van der Waals surface area contributed by atoms with Gasteiger partial charge in [-0.15, -0.1) is 0 Å². The van der Waals surface area contributed by atoms with Crippen molar-refractivity contribution in [2.45, 2.75) is 39.7 Å².